The average Bonchev–Trinajstić information content (AvgIpc) is 2.89. The van der Waals surface area contributed by atoms with Crippen LogP contribution >= 0.6 is 0 Å². The summed E-state index contributed by atoms with van der Waals surface area (Å²) in [5, 5.41) is 4.05. The highest BCUT2D eigenvalue weighted by molar-refractivity contribution is 7.92. The molecule has 106 valence electrons. The highest BCUT2D eigenvalue weighted by Crippen LogP contribution is 2.26. The quantitative estimate of drug-likeness (QED) is 0.841. The predicted molar refractivity (Wildman–Crippen MR) is 75.1 cm³/mol. The Bertz CT molecular complexity index is 751. The molecular formula is C13H16N4O2S. The lowest BCUT2D eigenvalue weighted by Gasteiger charge is -2.27. The topological polar surface area (TPSA) is 68.1 Å². The van der Waals surface area contributed by atoms with Crippen LogP contribution in [0.15, 0.2) is 29.4 Å². The van der Waals surface area contributed by atoms with Gasteiger partial charge in [-0.3, -0.25) is 0 Å². The Labute approximate surface area is 118 Å². The van der Waals surface area contributed by atoms with E-state index in [1.54, 1.807) is 16.8 Å². The summed E-state index contributed by atoms with van der Waals surface area (Å²) in [6, 6.07) is 5.18. The van der Waals surface area contributed by atoms with Crippen LogP contribution in [0, 0.1) is 13.8 Å². The van der Waals surface area contributed by atoms with E-state index in [0.717, 1.165) is 17.5 Å². The van der Waals surface area contributed by atoms with E-state index in [-0.39, 0.29) is 0 Å². The van der Waals surface area contributed by atoms with Gasteiger partial charge in [-0.15, -0.1) is 0 Å². The number of aryl methyl sites for hydroxylation is 3. The molecule has 7 heteroatoms. The van der Waals surface area contributed by atoms with Gasteiger partial charge in [0.05, 0.1) is 4.90 Å². The maximum atomic E-state index is 12.8. The Morgan fingerprint density at radius 3 is 2.70 bits per heavy atom. The molecule has 0 atom stereocenters. The number of nitrogens with zero attached hydrogens (tertiary/aromatic N) is 4. The van der Waals surface area contributed by atoms with Gasteiger partial charge in [0.25, 0.3) is 10.0 Å². The van der Waals surface area contributed by atoms with E-state index >= 15 is 0 Å². The first-order valence-corrected chi connectivity index (χ1v) is 7.92. The summed E-state index contributed by atoms with van der Waals surface area (Å²) >= 11 is 0. The summed E-state index contributed by atoms with van der Waals surface area (Å²) in [5.41, 5.74) is 2.04. The minimum atomic E-state index is -3.57. The summed E-state index contributed by atoms with van der Waals surface area (Å²) in [7, 11) is -3.57. The average molecular weight is 292 g/mol. The van der Waals surface area contributed by atoms with Crippen LogP contribution in [0.1, 0.15) is 17.5 Å². The van der Waals surface area contributed by atoms with Crippen LogP contribution in [-0.2, 0) is 16.6 Å². The maximum absolute atomic E-state index is 12.8. The molecule has 0 amide bonds. The molecule has 0 spiro atoms. The third kappa shape index (κ3) is 1.98. The normalized spacial score (nSPS) is 15.2. The molecule has 2 aromatic rings. The van der Waals surface area contributed by atoms with Gasteiger partial charge in [0.15, 0.2) is 0 Å². The van der Waals surface area contributed by atoms with Crippen molar-refractivity contribution in [2.45, 2.75) is 31.7 Å². The van der Waals surface area contributed by atoms with Crippen molar-refractivity contribution in [2.75, 3.05) is 10.8 Å². The second-order valence-electron chi connectivity index (χ2n) is 4.96. The molecule has 1 aromatic carbocycles. The highest BCUT2D eigenvalue weighted by Gasteiger charge is 2.31. The van der Waals surface area contributed by atoms with Crippen molar-refractivity contribution < 1.29 is 8.42 Å². The molecule has 1 aliphatic rings. The molecule has 0 unspecified atom stereocenters. The lowest BCUT2D eigenvalue weighted by Crippen LogP contribution is -2.38. The number of hydrogen-bond acceptors (Lipinski definition) is 4. The first-order valence-electron chi connectivity index (χ1n) is 6.48. The Kier molecular flexibility index (Phi) is 3.01. The minimum Gasteiger partial charge on any atom is -0.234 e. The van der Waals surface area contributed by atoms with Gasteiger partial charge < -0.3 is 0 Å². The summed E-state index contributed by atoms with van der Waals surface area (Å²) in [6.45, 7) is 5.01. The minimum absolute atomic E-state index is 0.303. The SMILES string of the molecule is Cc1ccc(S(=O)(=O)N2CCCn3ncnc32)cc1C. The third-order valence-corrected chi connectivity index (χ3v) is 5.39. The van der Waals surface area contributed by atoms with Crippen LogP contribution in [0.5, 0.6) is 0 Å². The van der Waals surface area contributed by atoms with Crippen LogP contribution in [0.4, 0.5) is 5.95 Å². The molecule has 0 bridgehead atoms. The van der Waals surface area contributed by atoms with E-state index < -0.39 is 10.0 Å². The molecule has 0 saturated carbocycles. The van der Waals surface area contributed by atoms with Gasteiger partial charge in [-0.2, -0.15) is 10.1 Å². The fourth-order valence-electron chi connectivity index (χ4n) is 2.30. The number of benzene rings is 1. The molecule has 0 fully saturated rings. The van der Waals surface area contributed by atoms with Gasteiger partial charge in [0, 0.05) is 13.1 Å². The zero-order valence-corrected chi connectivity index (χ0v) is 12.3. The zero-order valence-electron chi connectivity index (χ0n) is 11.4. The Balaban J connectivity index is 2.07. The monoisotopic (exact) mass is 292 g/mol. The van der Waals surface area contributed by atoms with Crippen molar-refractivity contribution in [1.29, 1.82) is 0 Å². The maximum Gasteiger partial charge on any atom is 0.266 e. The van der Waals surface area contributed by atoms with Gasteiger partial charge in [-0.1, -0.05) is 6.07 Å². The van der Waals surface area contributed by atoms with Crippen molar-refractivity contribution in [3.8, 4) is 0 Å². The predicted octanol–water partition coefficient (Wildman–Crippen LogP) is 1.49. The molecule has 3 rings (SSSR count). The zero-order chi connectivity index (χ0) is 14.3. The van der Waals surface area contributed by atoms with E-state index in [1.165, 1.54) is 10.6 Å². The lowest BCUT2D eigenvalue weighted by atomic mass is 10.1. The largest absolute Gasteiger partial charge is 0.266 e. The Morgan fingerprint density at radius 1 is 1.15 bits per heavy atom. The van der Waals surface area contributed by atoms with E-state index in [9.17, 15) is 8.42 Å². The third-order valence-electron chi connectivity index (χ3n) is 3.62. The molecule has 20 heavy (non-hydrogen) atoms. The van der Waals surface area contributed by atoms with Gasteiger partial charge >= 0.3 is 0 Å². The summed E-state index contributed by atoms with van der Waals surface area (Å²) in [6.07, 6.45) is 2.13. The van der Waals surface area contributed by atoms with E-state index in [1.807, 2.05) is 19.9 Å². The second kappa shape index (κ2) is 4.59. The number of hydrogen-bond donors (Lipinski definition) is 0. The van der Waals surface area contributed by atoms with Crippen molar-refractivity contribution in [1.82, 2.24) is 14.8 Å². The van der Waals surface area contributed by atoms with Gasteiger partial charge in [0.2, 0.25) is 5.95 Å². The number of rotatable bonds is 2. The molecular weight excluding hydrogens is 276 g/mol. The highest BCUT2D eigenvalue weighted by atomic mass is 32.2. The molecule has 0 radical (unpaired) electrons. The van der Waals surface area contributed by atoms with E-state index in [0.29, 0.717) is 23.9 Å². The smallest absolute Gasteiger partial charge is 0.234 e. The Hall–Kier alpha value is -1.89. The molecule has 0 saturated heterocycles. The van der Waals surface area contributed by atoms with Crippen molar-refractivity contribution in [3.63, 3.8) is 0 Å². The standard InChI is InChI=1S/C13H16N4O2S/c1-10-4-5-12(8-11(10)2)20(18,19)17-7-3-6-16-13(17)14-9-15-16/h4-5,8-9H,3,6-7H2,1-2H3. The van der Waals surface area contributed by atoms with Gasteiger partial charge in [-0.05, 0) is 43.5 Å². The van der Waals surface area contributed by atoms with Crippen LogP contribution in [0.25, 0.3) is 0 Å². The fraction of sp³-hybridized carbons (Fsp3) is 0.385. The molecule has 0 N–H and O–H groups in total. The first-order chi connectivity index (χ1) is 9.50. The lowest BCUT2D eigenvalue weighted by molar-refractivity contribution is 0.529. The van der Waals surface area contributed by atoms with Crippen LogP contribution < -0.4 is 4.31 Å². The van der Waals surface area contributed by atoms with Crippen LogP contribution in [-0.4, -0.2) is 29.7 Å². The first kappa shape index (κ1) is 13.1. The van der Waals surface area contributed by atoms with Gasteiger partial charge in [0.1, 0.15) is 6.33 Å². The molecule has 1 aromatic heterocycles. The van der Waals surface area contributed by atoms with Crippen LogP contribution in [0.3, 0.4) is 0 Å². The van der Waals surface area contributed by atoms with Crippen molar-refractivity contribution >= 4 is 16.0 Å². The van der Waals surface area contributed by atoms with E-state index in [4.69, 9.17) is 0 Å². The molecule has 2 heterocycles. The summed E-state index contributed by atoms with van der Waals surface area (Å²) < 4.78 is 28.5. The summed E-state index contributed by atoms with van der Waals surface area (Å²) in [5.74, 6) is 0.398. The van der Waals surface area contributed by atoms with Crippen LogP contribution in [0.2, 0.25) is 0 Å². The number of sulfonamides is 1. The number of aromatic nitrogens is 3. The van der Waals surface area contributed by atoms with Crippen molar-refractivity contribution in [2.24, 2.45) is 0 Å². The fourth-order valence-corrected chi connectivity index (χ4v) is 3.85. The number of anilines is 1. The molecule has 0 aliphatic carbocycles. The molecule has 1 aliphatic heterocycles. The summed E-state index contributed by atoms with van der Waals surface area (Å²) in [4.78, 5) is 4.37. The molecule has 6 nitrogen and oxygen atoms in total. The second-order valence-corrected chi connectivity index (χ2v) is 6.82. The van der Waals surface area contributed by atoms with Crippen molar-refractivity contribution in [3.05, 3.63) is 35.7 Å². The Morgan fingerprint density at radius 2 is 1.95 bits per heavy atom. The number of fused-ring (bicyclic) bond motifs is 1. The van der Waals surface area contributed by atoms with Gasteiger partial charge in [-0.25, -0.2) is 17.4 Å². The van der Waals surface area contributed by atoms with E-state index in [2.05, 4.69) is 10.1 Å².